The average molecular weight is 186 g/mol. The molecule has 0 aliphatic heterocycles. The van der Waals surface area contributed by atoms with Gasteiger partial charge in [-0.05, 0) is 27.7 Å². The first-order chi connectivity index (χ1) is 5.72. The number of rotatable bonds is 3. The minimum absolute atomic E-state index is 0.0567. The maximum Gasteiger partial charge on any atom is 0.237 e. The molecule has 3 heteroatoms. The summed E-state index contributed by atoms with van der Waals surface area (Å²) < 4.78 is 0. The highest BCUT2D eigenvalue weighted by molar-refractivity contribution is 5.81. The first-order valence-corrected chi connectivity index (χ1v) is 4.80. The molecule has 0 unspecified atom stereocenters. The van der Waals surface area contributed by atoms with Gasteiger partial charge in [-0.2, -0.15) is 0 Å². The number of hydrogen-bond acceptors (Lipinski definition) is 2. The molecule has 2 N–H and O–H groups in total. The zero-order chi connectivity index (χ0) is 10.6. The van der Waals surface area contributed by atoms with Crippen molar-refractivity contribution in [2.75, 3.05) is 0 Å². The topological polar surface area (TPSA) is 41.1 Å². The molecule has 0 aromatic carbocycles. The lowest BCUT2D eigenvalue weighted by atomic mass is 10.1. The van der Waals surface area contributed by atoms with Crippen molar-refractivity contribution in [3.8, 4) is 0 Å². The highest BCUT2D eigenvalue weighted by Crippen LogP contribution is 1.99. The third kappa shape index (κ3) is 6.58. The molecule has 0 aromatic heterocycles. The molecule has 0 radical (unpaired) electrons. The summed E-state index contributed by atoms with van der Waals surface area (Å²) in [5.41, 5.74) is -0.149. The fraction of sp³-hybridized carbons (Fsp3) is 0.900. The molecule has 0 fully saturated rings. The summed E-state index contributed by atoms with van der Waals surface area (Å²) in [6.07, 6.45) is 0. The molecule has 0 rings (SSSR count). The Bertz CT molecular complexity index is 170. The molecule has 0 aliphatic carbocycles. The van der Waals surface area contributed by atoms with Gasteiger partial charge in [0.15, 0.2) is 0 Å². The Morgan fingerprint density at radius 2 is 1.62 bits per heavy atom. The van der Waals surface area contributed by atoms with Crippen LogP contribution in [0.5, 0.6) is 0 Å². The first-order valence-electron chi connectivity index (χ1n) is 4.80. The molecule has 1 amide bonds. The molecule has 0 bridgehead atoms. The maximum absolute atomic E-state index is 11.5. The second-order valence-corrected chi connectivity index (χ2v) is 4.78. The Hall–Kier alpha value is -0.570. The number of carbonyl (C=O) groups is 1. The van der Waals surface area contributed by atoms with Gasteiger partial charge in [-0.3, -0.25) is 4.79 Å². The predicted octanol–water partition coefficient (Wildman–Crippen LogP) is 1.29. The van der Waals surface area contributed by atoms with E-state index in [-0.39, 0.29) is 17.5 Å². The van der Waals surface area contributed by atoms with E-state index in [2.05, 4.69) is 10.6 Å². The van der Waals surface area contributed by atoms with Crippen LogP contribution in [0.1, 0.15) is 41.5 Å². The van der Waals surface area contributed by atoms with Gasteiger partial charge >= 0.3 is 0 Å². The first kappa shape index (κ1) is 12.4. The monoisotopic (exact) mass is 186 g/mol. The van der Waals surface area contributed by atoms with Crippen molar-refractivity contribution in [1.29, 1.82) is 0 Å². The van der Waals surface area contributed by atoms with Crippen molar-refractivity contribution < 1.29 is 4.79 Å². The van der Waals surface area contributed by atoms with Gasteiger partial charge in [0.2, 0.25) is 5.91 Å². The minimum atomic E-state index is -0.149. The number of carbonyl (C=O) groups excluding carboxylic acids is 1. The zero-order valence-electron chi connectivity index (χ0n) is 9.56. The highest BCUT2D eigenvalue weighted by Gasteiger charge is 2.18. The standard InChI is InChI=1S/C10H22N2O/c1-7(2)11-8(3)9(13)12-10(4,5)6/h7-8,11H,1-6H3,(H,12,13)/t8-/m1/s1. The fourth-order valence-electron chi connectivity index (χ4n) is 1.05. The van der Waals surface area contributed by atoms with Crippen molar-refractivity contribution >= 4 is 5.91 Å². The van der Waals surface area contributed by atoms with E-state index in [1.807, 2.05) is 41.5 Å². The molecule has 0 heterocycles. The van der Waals surface area contributed by atoms with Gasteiger partial charge in [-0.15, -0.1) is 0 Å². The van der Waals surface area contributed by atoms with Gasteiger partial charge in [0.25, 0.3) is 0 Å². The Morgan fingerprint density at radius 3 is 1.92 bits per heavy atom. The van der Waals surface area contributed by atoms with Crippen LogP contribution >= 0.6 is 0 Å². The van der Waals surface area contributed by atoms with E-state index in [0.717, 1.165) is 0 Å². The summed E-state index contributed by atoms with van der Waals surface area (Å²) in [6, 6.07) is 0.208. The summed E-state index contributed by atoms with van der Waals surface area (Å²) in [5, 5.41) is 6.08. The molecular formula is C10H22N2O. The van der Waals surface area contributed by atoms with E-state index in [0.29, 0.717) is 6.04 Å². The number of nitrogens with one attached hydrogen (secondary N) is 2. The normalized spacial score (nSPS) is 14.4. The summed E-state index contributed by atoms with van der Waals surface area (Å²) in [6.45, 7) is 11.9. The molecule has 78 valence electrons. The summed E-state index contributed by atoms with van der Waals surface area (Å²) in [7, 11) is 0. The molecule has 0 saturated carbocycles. The number of hydrogen-bond donors (Lipinski definition) is 2. The SMILES string of the molecule is CC(C)N[C@H](C)C(=O)NC(C)(C)C. The quantitative estimate of drug-likeness (QED) is 0.697. The van der Waals surface area contributed by atoms with Crippen molar-refractivity contribution in [3.63, 3.8) is 0 Å². The Labute approximate surface area is 81.3 Å². The van der Waals surface area contributed by atoms with Crippen LogP contribution in [-0.2, 0) is 4.79 Å². The number of amides is 1. The van der Waals surface area contributed by atoms with Crippen LogP contribution < -0.4 is 10.6 Å². The van der Waals surface area contributed by atoms with E-state index >= 15 is 0 Å². The van der Waals surface area contributed by atoms with Crippen LogP contribution in [0.3, 0.4) is 0 Å². The lowest BCUT2D eigenvalue weighted by molar-refractivity contribution is -0.124. The predicted molar refractivity (Wildman–Crippen MR) is 55.6 cm³/mol. The summed E-state index contributed by atoms with van der Waals surface area (Å²) >= 11 is 0. The van der Waals surface area contributed by atoms with Crippen molar-refractivity contribution in [1.82, 2.24) is 10.6 Å². The van der Waals surface area contributed by atoms with Gasteiger partial charge in [0, 0.05) is 11.6 Å². The van der Waals surface area contributed by atoms with Gasteiger partial charge < -0.3 is 10.6 Å². The van der Waals surface area contributed by atoms with Gasteiger partial charge in [-0.1, -0.05) is 13.8 Å². The lowest BCUT2D eigenvalue weighted by Crippen LogP contribution is -2.50. The van der Waals surface area contributed by atoms with Crippen LogP contribution in [0.2, 0.25) is 0 Å². The van der Waals surface area contributed by atoms with Crippen molar-refractivity contribution in [2.24, 2.45) is 0 Å². The Kier molecular flexibility index (Phi) is 4.40. The molecule has 3 nitrogen and oxygen atoms in total. The van der Waals surface area contributed by atoms with E-state index in [4.69, 9.17) is 0 Å². The van der Waals surface area contributed by atoms with E-state index < -0.39 is 0 Å². The van der Waals surface area contributed by atoms with Gasteiger partial charge in [0.1, 0.15) is 0 Å². The van der Waals surface area contributed by atoms with Crippen LogP contribution in [0.25, 0.3) is 0 Å². The largest absolute Gasteiger partial charge is 0.350 e. The second-order valence-electron chi connectivity index (χ2n) is 4.78. The van der Waals surface area contributed by atoms with E-state index in [1.165, 1.54) is 0 Å². The van der Waals surface area contributed by atoms with Gasteiger partial charge in [-0.25, -0.2) is 0 Å². The molecule has 13 heavy (non-hydrogen) atoms. The Balaban J connectivity index is 3.97. The van der Waals surface area contributed by atoms with Crippen LogP contribution in [-0.4, -0.2) is 23.5 Å². The zero-order valence-corrected chi connectivity index (χ0v) is 9.56. The van der Waals surface area contributed by atoms with Crippen LogP contribution in [0, 0.1) is 0 Å². The lowest BCUT2D eigenvalue weighted by Gasteiger charge is -2.24. The molecule has 0 aromatic rings. The average Bonchev–Trinajstić information content (AvgIpc) is 1.81. The molecule has 0 spiro atoms. The van der Waals surface area contributed by atoms with Gasteiger partial charge in [0.05, 0.1) is 6.04 Å². The molecule has 1 atom stereocenters. The minimum Gasteiger partial charge on any atom is -0.350 e. The van der Waals surface area contributed by atoms with Crippen LogP contribution in [0.15, 0.2) is 0 Å². The summed E-state index contributed by atoms with van der Waals surface area (Å²) in [4.78, 5) is 11.5. The molecule has 0 saturated heterocycles. The third-order valence-corrected chi connectivity index (χ3v) is 1.47. The summed E-state index contributed by atoms with van der Waals surface area (Å²) in [5.74, 6) is 0.0567. The van der Waals surface area contributed by atoms with E-state index in [1.54, 1.807) is 0 Å². The maximum atomic E-state index is 11.5. The van der Waals surface area contributed by atoms with E-state index in [9.17, 15) is 4.79 Å². The Morgan fingerprint density at radius 1 is 1.15 bits per heavy atom. The highest BCUT2D eigenvalue weighted by atomic mass is 16.2. The fourth-order valence-corrected chi connectivity index (χ4v) is 1.05. The second kappa shape index (κ2) is 4.61. The van der Waals surface area contributed by atoms with Crippen LogP contribution in [0.4, 0.5) is 0 Å². The van der Waals surface area contributed by atoms with Crippen molar-refractivity contribution in [2.45, 2.75) is 59.2 Å². The molecule has 0 aliphatic rings. The third-order valence-electron chi connectivity index (χ3n) is 1.47. The smallest absolute Gasteiger partial charge is 0.237 e. The van der Waals surface area contributed by atoms with Crippen molar-refractivity contribution in [3.05, 3.63) is 0 Å². The molecular weight excluding hydrogens is 164 g/mol.